The lowest BCUT2D eigenvalue weighted by Crippen LogP contribution is -2.44. The van der Waals surface area contributed by atoms with Crippen LogP contribution in [-0.4, -0.2) is 23.3 Å². The summed E-state index contributed by atoms with van der Waals surface area (Å²) in [5.41, 5.74) is -0.658. The second kappa shape index (κ2) is 6.65. The number of rotatable bonds is 3. The number of anilines is 1. The highest BCUT2D eigenvalue weighted by Gasteiger charge is 2.46. The number of benzene rings is 1. The Morgan fingerprint density at radius 1 is 1.21 bits per heavy atom. The number of carbonyl (C=O) groups is 4. The standard InChI is InChI=1S/C17H17Cl2NO4/c1-8(21)20-14-10(18)5-4-9(13(14)19)15(23)12-11(22)6-7-17(2,3)16(12)24/h4-5,12H,6-7H2,1-3H3,(H,20,21). The van der Waals surface area contributed by atoms with Gasteiger partial charge >= 0.3 is 0 Å². The molecule has 0 aliphatic heterocycles. The molecule has 2 rings (SSSR count). The molecular formula is C17H17Cl2NO4. The fraction of sp³-hybridized carbons (Fsp3) is 0.412. The summed E-state index contributed by atoms with van der Waals surface area (Å²) in [5, 5.41) is 2.54. The zero-order valence-corrected chi connectivity index (χ0v) is 15.0. The molecule has 128 valence electrons. The lowest BCUT2D eigenvalue weighted by Gasteiger charge is -2.32. The molecule has 1 unspecified atom stereocenters. The molecule has 7 heteroatoms. The first-order valence-corrected chi connectivity index (χ1v) is 8.18. The van der Waals surface area contributed by atoms with Crippen LogP contribution in [0.4, 0.5) is 5.69 Å². The molecule has 1 N–H and O–H groups in total. The minimum atomic E-state index is -1.36. The molecule has 1 aromatic rings. The predicted molar refractivity (Wildman–Crippen MR) is 91.6 cm³/mol. The van der Waals surface area contributed by atoms with Crippen molar-refractivity contribution in [3.8, 4) is 0 Å². The molecular weight excluding hydrogens is 353 g/mol. The van der Waals surface area contributed by atoms with Crippen molar-refractivity contribution >= 4 is 52.1 Å². The molecule has 1 saturated carbocycles. The lowest BCUT2D eigenvalue weighted by molar-refractivity contribution is -0.140. The van der Waals surface area contributed by atoms with Gasteiger partial charge in [0, 0.05) is 24.3 Å². The van der Waals surface area contributed by atoms with Crippen molar-refractivity contribution in [3.05, 3.63) is 27.7 Å². The normalized spacial score (nSPS) is 20.0. The lowest BCUT2D eigenvalue weighted by atomic mass is 9.68. The fourth-order valence-electron chi connectivity index (χ4n) is 2.69. The van der Waals surface area contributed by atoms with Crippen LogP contribution in [0, 0.1) is 11.3 Å². The summed E-state index contributed by atoms with van der Waals surface area (Å²) in [5.74, 6) is -3.25. The van der Waals surface area contributed by atoms with Gasteiger partial charge in [-0.15, -0.1) is 0 Å². The van der Waals surface area contributed by atoms with Crippen LogP contribution < -0.4 is 5.32 Å². The zero-order valence-electron chi connectivity index (χ0n) is 13.5. The van der Waals surface area contributed by atoms with Gasteiger partial charge in [-0.1, -0.05) is 37.0 Å². The van der Waals surface area contributed by atoms with E-state index >= 15 is 0 Å². The van der Waals surface area contributed by atoms with Crippen LogP contribution in [-0.2, 0) is 14.4 Å². The summed E-state index contributed by atoms with van der Waals surface area (Å²) in [6.45, 7) is 4.71. The van der Waals surface area contributed by atoms with Gasteiger partial charge in [0.2, 0.25) is 5.91 Å². The van der Waals surface area contributed by atoms with E-state index in [0.29, 0.717) is 6.42 Å². The highest BCUT2D eigenvalue weighted by molar-refractivity contribution is 6.43. The van der Waals surface area contributed by atoms with Gasteiger partial charge in [-0.05, 0) is 18.6 Å². The molecule has 0 aromatic heterocycles. The highest BCUT2D eigenvalue weighted by Crippen LogP contribution is 2.38. The Kier molecular flexibility index (Phi) is 5.16. The SMILES string of the molecule is CC(=O)Nc1c(Cl)ccc(C(=O)C2C(=O)CCC(C)(C)C2=O)c1Cl. The van der Waals surface area contributed by atoms with Gasteiger partial charge in [0.1, 0.15) is 5.92 Å². The summed E-state index contributed by atoms with van der Waals surface area (Å²) >= 11 is 12.2. The maximum absolute atomic E-state index is 12.8. The Balaban J connectivity index is 2.48. The number of hydrogen-bond acceptors (Lipinski definition) is 4. The molecule has 1 aliphatic rings. The number of carbonyl (C=O) groups excluding carboxylic acids is 4. The van der Waals surface area contributed by atoms with E-state index in [9.17, 15) is 19.2 Å². The van der Waals surface area contributed by atoms with Crippen molar-refractivity contribution < 1.29 is 19.2 Å². The van der Waals surface area contributed by atoms with E-state index in [2.05, 4.69) is 5.32 Å². The molecule has 0 bridgehead atoms. The molecule has 0 saturated heterocycles. The van der Waals surface area contributed by atoms with E-state index in [-0.39, 0.29) is 27.7 Å². The second-order valence-electron chi connectivity index (χ2n) is 6.48. The van der Waals surface area contributed by atoms with Crippen molar-refractivity contribution in [2.45, 2.75) is 33.6 Å². The third kappa shape index (κ3) is 3.37. The predicted octanol–water partition coefficient (Wildman–Crippen LogP) is 3.71. The van der Waals surface area contributed by atoms with Crippen LogP contribution in [0.25, 0.3) is 0 Å². The monoisotopic (exact) mass is 369 g/mol. The Morgan fingerprint density at radius 2 is 1.83 bits per heavy atom. The number of ketones is 3. The number of amides is 1. The van der Waals surface area contributed by atoms with Gasteiger partial charge in [0.25, 0.3) is 0 Å². The highest BCUT2D eigenvalue weighted by atomic mass is 35.5. The third-order valence-electron chi connectivity index (χ3n) is 4.17. The van der Waals surface area contributed by atoms with E-state index in [1.54, 1.807) is 13.8 Å². The van der Waals surface area contributed by atoms with Crippen LogP contribution in [0.1, 0.15) is 44.0 Å². The molecule has 1 aliphatic carbocycles. The second-order valence-corrected chi connectivity index (χ2v) is 7.26. The van der Waals surface area contributed by atoms with Crippen molar-refractivity contribution in [2.75, 3.05) is 5.32 Å². The van der Waals surface area contributed by atoms with Crippen LogP contribution in [0.2, 0.25) is 10.0 Å². The molecule has 0 spiro atoms. The van der Waals surface area contributed by atoms with Crippen molar-refractivity contribution in [1.82, 2.24) is 0 Å². The largest absolute Gasteiger partial charge is 0.324 e. The Morgan fingerprint density at radius 3 is 2.42 bits per heavy atom. The van der Waals surface area contributed by atoms with Gasteiger partial charge in [0.05, 0.1) is 15.7 Å². The summed E-state index contributed by atoms with van der Waals surface area (Å²) in [6, 6.07) is 2.76. The minimum absolute atomic E-state index is 0.00535. The summed E-state index contributed by atoms with van der Waals surface area (Å²) in [7, 11) is 0. The average Bonchev–Trinajstić information content (AvgIpc) is 2.48. The van der Waals surface area contributed by atoms with Crippen LogP contribution in [0.3, 0.4) is 0 Å². The van der Waals surface area contributed by atoms with Crippen LogP contribution in [0.15, 0.2) is 12.1 Å². The van der Waals surface area contributed by atoms with Gasteiger partial charge in [-0.25, -0.2) is 0 Å². The summed E-state index contributed by atoms with van der Waals surface area (Å²) in [4.78, 5) is 48.8. The summed E-state index contributed by atoms with van der Waals surface area (Å²) < 4.78 is 0. The van der Waals surface area contributed by atoms with E-state index in [1.807, 2.05) is 0 Å². The van der Waals surface area contributed by atoms with Gasteiger partial charge < -0.3 is 5.32 Å². The molecule has 0 radical (unpaired) electrons. The van der Waals surface area contributed by atoms with Crippen LogP contribution in [0.5, 0.6) is 0 Å². The number of hydrogen-bond donors (Lipinski definition) is 1. The smallest absolute Gasteiger partial charge is 0.221 e. The Bertz CT molecular complexity index is 755. The topological polar surface area (TPSA) is 80.3 Å². The molecule has 1 fully saturated rings. The molecule has 0 heterocycles. The summed E-state index contributed by atoms with van der Waals surface area (Å²) in [6.07, 6.45) is 0.582. The Labute approximate surface area is 149 Å². The van der Waals surface area contributed by atoms with Gasteiger partial charge in [0.15, 0.2) is 17.3 Å². The number of Topliss-reactive ketones (excluding diaryl/α,β-unsaturated/α-hetero) is 3. The first-order chi connectivity index (χ1) is 11.1. The van der Waals surface area contributed by atoms with E-state index < -0.39 is 34.6 Å². The molecule has 24 heavy (non-hydrogen) atoms. The van der Waals surface area contributed by atoms with Crippen molar-refractivity contribution in [2.24, 2.45) is 11.3 Å². The fourth-order valence-corrected chi connectivity index (χ4v) is 3.25. The molecule has 1 aromatic carbocycles. The van der Waals surface area contributed by atoms with Crippen molar-refractivity contribution in [1.29, 1.82) is 0 Å². The first kappa shape index (κ1) is 18.6. The van der Waals surface area contributed by atoms with E-state index in [1.165, 1.54) is 19.1 Å². The molecule has 1 atom stereocenters. The molecule has 1 amide bonds. The Hall–Kier alpha value is -1.72. The number of nitrogens with one attached hydrogen (secondary N) is 1. The quantitative estimate of drug-likeness (QED) is 0.650. The van der Waals surface area contributed by atoms with Crippen LogP contribution >= 0.6 is 23.2 Å². The zero-order chi connectivity index (χ0) is 18.2. The maximum Gasteiger partial charge on any atom is 0.221 e. The third-order valence-corrected chi connectivity index (χ3v) is 4.87. The average molecular weight is 370 g/mol. The van der Waals surface area contributed by atoms with E-state index in [4.69, 9.17) is 23.2 Å². The maximum atomic E-state index is 12.8. The first-order valence-electron chi connectivity index (χ1n) is 7.43. The molecule has 5 nitrogen and oxygen atoms in total. The number of halogens is 2. The van der Waals surface area contributed by atoms with E-state index in [0.717, 1.165) is 0 Å². The van der Waals surface area contributed by atoms with Crippen molar-refractivity contribution in [3.63, 3.8) is 0 Å². The minimum Gasteiger partial charge on any atom is -0.324 e. The van der Waals surface area contributed by atoms with Gasteiger partial charge in [-0.2, -0.15) is 0 Å². The van der Waals surface area contributed by atoms with Gasteiger partial charge in [-0.3, -0.25) is 19.2 Å².